The third-order valence-corrected chi connectivity index (χ3v) is 6.42. The summed E-state index contributed by atoms with van der Waals surface area (Å²) in [7, 11) is 0. The molecular weight excluding hydrogens is 441 g/mol. The van der Waals surface area contributed by atoms with Gasteiger partial charge >= 0.3 is 5.97 Å². The van der Waals surface area contributed by atoms with Crippen LogP contribution in [0.25, 0.3) is 0 Å². The normalized spacial score (nSPS) is 23.3. The number of fused-ring (bicyclic) bond motifs is 2. The van der Waals surface area contributed by atoms with Gasteiger partial charge in [-0.25, -0.2) is 4.39 Å². The maximum atomic E-state index is 14.1. The van der Waals surface area contributed by atoms with Crippen LogP contribution in [0.5, 0.6) is 5.75 Å². The van der Waals surface area contributed by atoms with E-state index in [0.29, 0.717) is 29.7 Å². The van der Waals surface area contributed by atoms with Crippen molar-refractivity contribution in [1.82, 2.24) is 4.90 Å². The lowest BCUT2D eigenvalue weighted by molar-refractivity contribution is -0.147. The van der Waals surface area contributed by atoms with Gasteiger partial charge in [-0.15, -0.1) is 0 Å². The SMILES string of the molecule is O=C(CCN1C(=O)C2CC=CCC2C1=O)OCc1cc(F)cc2c1OC(c1ccccc1)OC2. The van der Waals surface area contributed by atoms with Crippen LogP contribution in [0.1, 0.15) is 42.2 Å². The van der Waals surface area contributed by atoms with E-state index in [1.807, 2.05) is 42.5 Å². The number of hydrogen-bond acceptors (Lipinski definition) is 6. The summed E-state index contributed by atoms with van der Waals surface area (Å²) in [5.41, 5.74) is 1.73. The van der Waals surface area contributed by atoms with Gasteiger partial charge in [-0.1, -0.05) is 42.5 Å². The molecule has 2 heterocycles. The minimum absolute atomic E-state index is 0.0226. The summed E-state index contributed by atoms with van der Waals surface area (Å²) in [4.78, 5) is 38.6. The van der Waals surface area contributed by atoms with Crippen molar-refractivity contribution in [3.05, 3.63) is 77.1 Å². The third kappa shape index (κ3) is 4.33. The zero-order valence-electron chi connectivity index (χ0n) is 18.4. The zero-order chi connectivity index (χ0) is 23.7. The smallest absolute Gasteiger partial charge is 0.307 e. The molecule has 3 unspecified atom stereocenters. The summed E-state index contributed by atoms with van der Waals surface area (Å²) < 4.78 is 31.2. The van der Waals surface area contributed by atoms with E-state index < -0.39 is 18.1 Å². The molecule has 3 aliphatic rings. The van der Waals surface area contributed by atoms with Crippen molar-refractivity contribution in [3.63, 3.8) is 0 Å². The average Bonchev–Trinajstić information content (AvgIpc) is 3.11. The summed E-state index contributed by atoms with van der Waals surface area (Å²) in [6, 6.07) is 12.0. The van der Waals surface area contributed by atoms with Crippen molar-refractivity contribution in [3.8, 4) is 5.75 Å². The highest BCUT2D eigenvalue weighted by Gasteiger charge is 2.47. The Labute approximate surface area is 196 Å². The molecule has 176 valence electrons. The minimum atomic E-state index is -0.654. The summed E-state index contributed by atoms with van der Waals surface area (Å²) in [6.45, 7) is -0.0628. The molecule has 0 saturated carbocycles. The maximum absolute atomic E-state index is 14.1. The number of amides is 2. The molecule has 2 aromatic rings. The van der Waals surface area contributed by atoms with E-state index in [0.717, 1.165) is 5.56 Å². The number of carbonyl (C=O) groups is 3. The van der Waals surface area contributed by atoms with Crippen LogP contribution in [-0.2, 0) is 37.1 Å². The molecule has 8 heteroatoms. The number of halogens is 1. The fourth-order valence-corrected chi connectivity index (χ4v) is 4.68. The van der Waals surface area contributed by atoms with Crippen molar-refractivity contribution < 1.29 is 33.0 Å². The summed E-state index contributed by atoms with van der Waals surface area (Å²) >= 11 is 0. The van der Waals surface area contributed by atoms with E-state index in [-0.39, 0.29) is 49.8 Å². The molecule has 0 radical (unpaired) electrons. The molecule has 0 bridgehead atoms. The molecule has 1 saturated heterocycles. The van der Waals surface area contributed by atoms with E-state index in [1.54, 1.807) is 0 Å². The average molecular weight is 465 g/mol. The fourth-order valence-electron chi connectivity index (χ4n) is 4.68. The van der Waals surface area contributed by atoms with Crippen LogP contribution in [0.2, 0.25) is 0 Å². The van der Waals surface area contributed by atoms with Gasteiger partial charge in [0.15, 0.2) is 0 Å². The number of carbonyl (C=O) groups excluding carboxylic acids is 3. The largest absolute Gasteiger partial charge is 0.461 e. The fraction of sp³-hybridized carbons (Fsp3) is 0.346. The second-order valence-corrected chi connectivity index (χ2v) is 8.62. The number of rotatable bonds is 6. The van der Waals surface area contributed by atoms with Crippen molar-refractivity contribution in [2.24, 2.45) is 11.8 Å². The molecule has 2 aliphatic heterocycles. The number of esters is 1. The van der Waals surface area contributed by atoms with Crippen LogP contribution in [0, 0.1) is 17.7 Å². The lowest BCUT2D eigenvalue weighted by atomic mass is 9.85. The van der Waals surface area contributed by atoms with E-state index in [1.165, 1.54) is 17.0 Å². The predicted molar refractivity (Wildman–Crippen MR) is 117 cm³/mol. The minimum Gasteiger partial charge on any atom is -0.461 e. The van der Waals surface area contributed by atoms with Crippen LogP contribution in [0.15, 0.2) is 54.6 Å². The Morgan fingerprint density at radius 3 is 2.47 bits per heavy atom. The molecular formula is C26H24FNO6. The van der Waals surface area contributed by atoms with Crippen molar-refractivity contribution in [2.45, 2.75) is 38.8 Å². The van der Waals surface area contributed by atoms with Crippen molar-refractivity contribution in [2.75, 3.05) is 6.54 Å². The van der Waals surface area contributed by atoms with Crippen LogP contribution >= 0.6 is 0 Å². The van der Waals surface area contributed by atoms with Crippen LogP contribution in [0.3, 0.4) is 0 Å². The van der Waals surface area contributed by atoms with Gasteiger partial charge < -0.3 is 14.2 Å². The Hall–Kier alpha value is -3.52. The zero-order valence-corrected chi connectivity index (χ0v) is 18.4. The van der Waals surface area contributed by atoms with Gasteiger partial charge in [0.1, 0.15) is 18.2 Å². The highest BCUT2D eigenvalue weighted by atomic mass is 19.1. The number of hydrogen-bond donors (Lipinski definition) is 0. The first kappa shape index (κ1) is 22.3. The van der Waals surface area contributed by atoms with Crippen molar-refractivity contribution >= 4 is 17.8 Å². The van der Waals surface area contributed by atoms with Gasteiger partial charge in [0, 0.05) is 23.2 Å². The van der Waals surface area contributed by atoms with Crippen LogP contribution in [0.4, 0.5) is 4.39 Å². The van der Waals surface area contributed by atoms with Gasteiger partial charge in [-0.2, -0.15) is 0 Å². The molecule has 0 N–H and O–H groups in total. The predicted octanol–water partition coefficient (Wildman–Crippen LogP) is 3.82. The van der Waals surface area contributed by atoms with Gasteiger partial charge in [-0.3, -0.25) is 19.3 Å². The van der Waals surface area contributed by atoms with E-state index in [2.05, 4.69) is 0 Å². The quantitative estimate of drug-likeness (QED) is 0.367. The highest BCUT2D eigenvalue weighted by Crippen LogP contribution is 2.37. The van der Waals surface area contributed by atoms with Gasteiger partial charge in [0.05, 0.1) is 24.9 Å². The molecule has 2 amide bonds. The molecule has 0 aromatic heterocycles. The Morgan fingerprint density at radius 2 is 1.76 bits per heavy atom. The highest BCUT2D eigenvalue weighted by molar-refractivity contribution is 6.05. The Kier molecular flexibility index (Phi) is 6.15. The standard InChI is InChI=1S/C26H24FNO6/c27-19-12-17(23-18(13-19)15-33-26(34-23)16-6-2-1-3-7-16)14-32-22(29)10-11-28-24(30)20-8-4-5-9-21(20)25(28)31/h1-7,12-13,20-21,26H,8-11,14-15H2. The summed E-state index contributed by atoms with van der Waals surface area (Å²) in [5, 5.41) is 0. The van der Waals surface area contributed by atoms with Gasteiger partial charge in [0.25, 0.3) is 0 Å². The van der Waals surface area contributed by atoms with E-state index in [4.69, 9.17) is 14.2 Å². The molecule has 1 fully saturated rings. The number of allylic oxidation sites excluding steroid dienone is 2. The Bertz CT molecular complexity index is 1120. The molecule has 0 spiro atoms. The second kappa shape index (κ2) is 9.38. The first-order valence-electron chi connectivity index (χ1n) is 11.3. The van der Waals surface area contributed by atoms with Crippen LogP contribution in [-0.4, -0.2) is 29.2 Å². The van der Waals surface area contributed by atoms with Gasteiger partial charge in [0.2, 0.25) is 18.1 Å². The van der Waals surface area contributed by atoms with Gasteiger partial charge in [-0.05, 0) is 25.0 Å². The van der Waals surface area contributed by atoms with E-state index in [9.17, 15) is 18.8 Å². The lowest BCUT2D eigenvalue weighted by Gasteiger charge is -2.28. The molecule has 3 atom stereocenters. The maximum Gasteiger partial charge on any atom is 0.307 e. The number of ether oxygens (including phenoxy) is 3. The monoisotopic (exact) mass is 465 g/mol. The molecule has 2 aromatic carbocycles. The Balaban J connectivity index is 1.21. The van der Waals surface area contributed by atoms with Crippen molar-refractivity contribution in [1.29, 1.82) is 0 Å². The number of nitrogens with zero attached hydrogens (tertiary/aromatic N) is 1. The third-order valence-electron chi connectivity index (χ3n) is 6.42. The second-order valence-electron chi connectivity index (χ2n) is 8.62. The number of imide groups is 1. The van der Waals surface area contributed by atoms with E-state index >= 15 is 0 Å². The summed E-state index contributed by atoms with van der Waals surface area (Å²) in [6.07, 6.45) is 4.15. The topological polar surface area (TPSA) is 82.1 Å². The molecule has 1 aliphatic carbocycles. The number of likely N-dealkylation sites (tertiary alicyclic amines) is 1. The lowest BCUT2D eigenvalue weighted by Crippen LogP contribution is -2.33. The molecule has 34 heavy (non-hydrogen) atoms. The molecule has 7 nitrogen and oxygen atoms in total. The Morgan fingerprint density at radius 1 is 1.06 bits per heavy atom. The molecule has 5 rings (SSSR count). The summed E-state index contributed by atoms with van der Waals surface area (Å²) in [5.74, 6) is -1.76. The first-order valence-corrected chi connectivity index (χ1v) is 11.3. The van der Waals surface area contributed by atoms with Crippen LogP contribution < -0.4 is 4.74 Å². The first-order chi connectivity index (χ1) is 16.5. The number of benzene rings is 2.